The second-order valence-corrected chi connectivity index (χ2v) is 6.68. The highest BCUT2D eigenvalue weighted by Crippen LogP contribution is 2.16. The van der Waals surface area contributed by atoms with E-state index in [1.54, 1.807) is 12.1 Å². The smallest absolute Gasteiger partial charge is 0.325 e. The predicted octanol–water partition coefficient (Wildman–Crippen LogP) is 2.74. The molecule has 1 heterocycles. The molecule has 2 aromatic carbocycles. The van der Waals surface area contributed by atoms with Crippen LogP contribution in [0.15, 0.2) is 73.4 Å². The molecule has 0 atom stereocenters. The first-order valence-electron chi connectivity index (χ1n) is 7.00. The molecule has 0 fully saturated rings. The number of rotatable bonds is 5. The molecule has 3 rings (SSSR count). The van der Waals surface area contributed by atoms with Gasteiger partial charge in [0.1, 0.15) is 0 Å². The number of thioether (sulfide) groups is 1. The van der Waals surface area contributed by atoms with Gasteiger partial charge in [-0.15, -0.1) is 0 Å². The maximum atomic E-state index is 12.1. The van der Waals surface area contributed by atoms with Gasteiger partial charge in [-0.25, -0.2) is 4.79 Å². The van der Waals surface area contributed by atoms with Gasteiger partial charge in [0.15, 0.2) is 0 Å². The average Bonchev–Trinajstić information content (AvgIpc) is 2.97. The third-order valence-electron chi connectivity index (χ3n) is 3.09. The van der Waals surface area contributed by atoms with E-state index in [2.05, 4.69) is 26.5 Å². The molecule has 122 valence electrons. The van der Waals surface area contributed by atoms with Gasteiger partial charge in [0.05, 0.1) is 5.75 Å². The first kappa shape index (κ1) is 16.5. The number of carbonyl (C=O) groups excluding carboxylic acids is 1. The van der Waals surface area contributed by atoms with Crippen LogP contribution in [0.5, 0.6) is 0 Å². The highest BCUT2D eigenvalue weighted by Gasteiger charge is 2.24. The standard InChI is InChI=1S/C16H12BrN3O3S/c17-11-6-8-12(9-7-11)18-14(21)10-24-15-16(22)23-19-20(15)13-4-2-1-3-5-13/h1-9H,10H2,(H-,18,19,21,22)/p+1. The highest BCUT2D eigenvalue weighted by molar-refractivity contribution is 9.10. The zero-order valence-corrected chi connectivity index (χ0v) is 14.8. The number of halogens is 1. The van der Waals surface area contributed by atoms with Crippen molar-refractivity contribution >= 4 is 39.3 Å². The summed E-state index contributed by atoms with van der Waals surface area (Å²) in [5.41, 5.74) is 0.931. The van der Waals surface area contributed by atoms with Gasteiger partial charge in [0.25, 0.3) is 0 Å². The molecule has 1 amide bonds. The Morgan fingerprint density at radius 2 is 1.88 bits per heavy atom. The number of aromatic amines is 1. The van der Waals surface area contributed by atoms with E-state index in [1.807, 2.05) is 42.5 Å². The zero-order valence-electron chi connectivity index (χ0n) is 12.4. The summed E-state index contributed by atoms with van der Waals surface area (Å²) in [5.74, 6) is -0.117. The van der Waals surface area contributed by atoms with Crippen molar-refractivity contribution in [2.24, 2.45) is 0 Å². The summed E-state index contributed by atoms with van der Waals surface area (Å²) in [4.78, 5) is 23.9. The molecule has 0 saturated heterocycles. The lowest BCUT2D eigenvalue weighted by Crippen LogP contribution is -2.36. The monoisotopic (exact) mass is 406 g/mol. The number of benzene rings is 2. The molecule has 2 N–H and O–H groups in total. The van der Waals surface area contributed by atoms with Gasteiger partial charge in [-0.1, -0.05) is 34.1 Å². The van der Waals surface area contributed by atoms with Crippen LogP contribution in [-0.4, -0.2) is 16.9 Å². The van der Waals surface area contributed by atoms with Crippen molar-refractivity contribution in [2.45, 2.75) is 5.03 Å². The lowest BCUT2D eigenvalue weighted by Gasteiger charge is -2.03. The molecule has 0 aliphatic heterocycles. The summed E-state index contributed by atoms with van der Waals surface area (Å²) in [5, 5.41) is 5.63. The van der Waals surface area contributed by atoms with Crippen molar-refractivity contribution in [2.75, 3.05) is 11.1 Å². The molecule has 24 heavy (non-hydrogen) atoms. The molecule has 6 nitrogen and oxygen atoms in total. The van der Waals surface area contributed by atoms with Crippen LogP contribution in [0, 0.1) is 0 Å². The van der Waals surface area contributed by atoms with E-state index in [-0.39, 0.29) is 11.7 Å². The van der Waals surface area contributed by atoms with Gasteiger partial charge < -0.3 is 5.32 Å². The van der Waals surface area contributed by atoms with Crippen molar-refractivity contribution in [3.8, 4) is 5.69 Å². The van der Waals surface area contributed by atoms with Gasteiger partial charge >= 0.3 is 10.7 Å². The van der Waals surface area contributed by atoms with Crippen LogP contribution in [0.2, 0.25) is 0 Å². The van der Waals surface area contributed by atoms with Gasteiger partial charge in [-0.3, -0.25) is 9.32 Å². The number of nitrogens with one attached hydrogen (secondary N) is 2. The quantitative estimate of drug-likeness (QED) is 0.504. The summed E-state index contributed by atoms with van der Waals surface area (Å²) in [6.07, 6.45) is 0. The molecule has 0 bridgehead atoms. The van der Waals surface area contributed by atoms with Crippen molar-refractivity contribution in [3.63, 3.8) is 0 Å². The lowest BCUT2D eigenvalue weighted by atomic mass is 10.3. The van der Waals surface area contributed by atoms with Gasteiger partial charge in [-0.2, -0.15) is 0 Å². The first-order valence-corrected chi connectivity index (χ1v) is 8.78. The zero-order chi connectivity index (χ0) is 16.9. The largest absolute Gasteiger partial charge is 0.442 e. The lowest BCUT2D eigenvalue weighted by molar-refractivity contribution is -0.704. The molecule has 0 spiro atoms. The number of aromatic nitrogens is 2. The second kappa shape index (κ2) is 7.50. The molecule has 0 aliphatic carbocycles. The maximum Gasteiger partial charge on any atom is 0.442 e. The van der Waals surface area contributed by atoms with E-state index >= 15 is 0 Å². The second-order valence-electron chi connectivity index (χ2n) is 4.80. The van der Waals surface area contributed by atoms with Gasteiger partial charge in [-0.05, 0) is 46.0 Å². The van der Waals surface area contributed by atoms with E-state index in [9.17, 15) is 9.59 Å². The van der Waals surface area contributed by atoms with Crippen molar-refractivity contribution in [1.82, 2.24) is 5.27 Å². The number of H-pyrrole nitrogens is 1. The van der Waals surface area contributed by atoms with Crippen LogP contribution in [-0.2, 0) is 4.79 Å². The Hall–Kier alpha value is -2.32. The summed E-state index contributed by atoms with van der Waals surface area (Å²) >= 11 is 4.45. The Kier molecular flexibility index (Phi) is 5.17. The number of anilines is 1. The molecule has 0 saturated carbocycles. The molecule has 1 aromatic heterocycles. The van der Waals surface area contributed by atoms with Gasteiger partial charge in [0, 0.05) is 22.3 Å². The molecule has 0 unspecified atom stereocenters. The number of hydrogen-bond acceptors (Lipinski definition) is 4. The van der Waals surface area contributed by atoms with Crippen LogP contribution >= 0.6 is 27.7 Å². The summed E-state index contributed by atoms with van der Waals surface area (Å²) < 4.78 is 7.29. The Morgan fingerprint density at radius 3 is 2.58 bits per heavy atom. The molecule has 0 radical (unpaired) electrons. The predicted molar refractivity (Wildman–Crippen MR) is 94.4 cm³/mol. The number of hydrogen-bond donors (Lipinski definition) is 2. The molecular formula is C16H13BrN3O3S+. The number of nitrogens with zero attached hydrogens (tertiary/aromatic N) is 1. The summed E-state index contributed by atoms with van der Waals surface area (Å²) in [7, 11) is 0. The van der Waals surface area contributed by atoms with Gasteiger partial charge in [0.2, 0.25) is 11.6 Å². The Morgan fingerprint density at radius 1 is 1.17 bits per heavy atom. The minimum absolute atomic E-state index is 0.0888. The maximum absolute atomic E-state index is 12.1. The molecule has 8 heteroatoms. The van der Waals surface area contributed by atoms with E-state index in [0.29, 0.717) is 10.7 Å². The van der Waals surface area contributed by atoms with Crippen molar-refractivity contribution in [1.29, 1.82) is 0 Å². The molecule has 0 aliphatic rings. The Bertz CT molecular complexity index is 891. The Labute approximate surface area is 150 Å². The molecular weight excluding hydrogens is 394 g/mol. The van der Waals surface area contributed by atoms with Crippen LogP contribution in [0.25, 0.3) is 5.69 Å². The number of amides is 1. The third-order valence-corrected chi connectivity index (χ3v) is 4.65. The normalized spacial score (nSPS) is 10.5. The topological polar surface area (TPSA) is 79.0 Å². The SMILES string of the molecule is O=C(CSc1c(=O)o[nH][n+]1-c1ccccc1)Nc1ccc(Br)cc1. The van der Waals surface area contributed by atoms with Crippen LogP contribution in [0.1, 0.15) is 0 Å². The fourth-order valence-electron chi connectivity index (χ4n) is 2.00. The number of carbonyl (C=O) groups is 1. The van der Waals surface area contributed by atoms with Crippen LogP contribution in [0.4, 0.5) is 5.69 Å². The van der Waals surface area contributed by atoms with Crippen LogP contribution < -0.4 is 15.6 Å². The fourth-order valence-corrected chi connectivity index (χ4v) is 3.03. The first-order chi connectivity index (χ1) is 11.6. The number of para-hydroxylation sites is 1. The third kappa shape index (κ3) is 3.95. The summed E-state index contributed by atoms with van der Waals surface area (Å²) in [6, 6.07) is 16.5. The van der Waals surface area contributed by atoms with Crippen molar-refractivity contribution < 1.29 is 14.0 Å². The van der Waals surface area contributed by atoms with E-state index in [1.165, 1.54) is 4.68 Å². The van der Waals surface area contributed by atoms with E-state index < -0.39 is 5.63 Å². The summed E-state index contributed by atoms with van der Waals surface area (Å²) in [6.45, 7) is 0. The fraction of sp³-hybridized carbons (Fsp3) is 0.0625. The molecule has 3 aromatic rings. The van der Waals surface area contributed by atoms with E-state index in [0.717, 1.165) is 21.9 Å². The van der Waals surface area contributed by atoms with E-state index in [4.69, 9.17) is 4.52 Å². The van der Waals surface area contributed by atoms with Crippen LogP contribution in [0.3, 0.4) is 0 Å². The minimum atomic E-state index is -0.514. The van der Waals surface area contributed by atoms with Crippen molar-refractivity contribution in [3.05, 3.63) is 69.5 Å². The average molecular weight is 407 g/mol. The minimum Gasteiger partial charge on any atom is -0.325 e. The highest BCUT2D eigenvalue weighted by atomic mass is 79.9. The Balaban J connectivity index is 1.69.